The maximum atomic E-state index is 13.3. The van der Waals surface area contributed by atoms with Gasteiger partial charge in [0, 0.05) is 11.8 Å². The molecule has 0 aliphatic rings. The standard InChI is InChI=1S/C11H14FNO3/c1-11(2,10(14)15)6-16-9-4-3-7(13)5-8(9)12/h3-5H,6,13H2,1-2H3,(H,14,15). The molecule has 0 amide bonds. The number of anilines is 1. The van der Waals surface area contributed by atoms with E-state index in [4.69, 9.17) is 15.6 Å². The highest BCUT2D eigenvalue weighted by atomic mass is 19.1. The van der Waals surface area contributed by atoms with Gasteiger partial charge >= 0.3 is 5.97 Å². The zero-order valence-corrected chi connectivity index (χ0v) is 9.16. The second kappa shape index (κ2) is 4.38. The molecule has 0 heterocycles. The molecule has 4 nitrogen and oxygen atoms in total. The number of carbonyl (C=O) groups is 1. The molecule has 0 unspecified atom stereocenters. The molecule has 5 heteroatoms. The minimum atomic E-state index is -1.06. The number of benzene rings is 1. The third kappa shape index (κ3) is 2.85. The average Bonchev–Trinajstić information content (AvgIpc) is 2.16. The molecule has 1 aromatic carbocycles. The van der Waals surface area contributed by atoms with Gasteiger partial charge in [-0.25, -0.2) is 4.39 Å². The number of nitrogens with two attached hydrogens (primary N) is 1. The van der Waals surface area contributed by atoms with Crippen molar-refractivity contribution in [2.24, 2.45) is 5.41 Å². The van der Waals surface area contributed by atoms with E-state index in [0.717, 1.165) is 6.07 Å². The summed E-state index contributed by atoms with van der Waals surface area (Å²) in [7, 11) is 0. The van der Waals surface area contributed by atoms with Crippen molar-refractivity contribution in [2.45, 2.75) is 13.8 Å². The van der Waals surface area contributed by atoms with E-state index < -0.39 is 17.2 Å². The second-order valence-corrected chi connectivity index (χ2v) is 4.17. The largest absolute Gasteiger partial charge is 0.489 e. The van der Waals surface area contributed by atoms with Gasteiger partial charge in [-0.3, -0.25) is 4.79 Å². The van der Waals surface area contributed by atoms with Gasteiger partial charge in [-0.2, -0.15) is 0 Å². The van der Waals surface area contributed by atoms with E-state index in [-0.39, 0.29) is 12.4 Å². The van der Waals surface area contributed by atoms with Crippen molar-refractivity contribution in [1.29, 1.82) is 0 Å². The number of carboxylic acids is 1. The summed E-state index contributed by atoms with van der Waals surface area (Å²) in [5, 5.41) is 8.84. The first-order chi connectivity index (χ1) is 7.33. The normalized spacial score (nSPS) is 11.2. The van der Waals surface area contributed by atoms with E-state index >= 15 is 0 Å². The number of aliphatic carboxylic acids is 1. The summed E-state index contributed by atoms with van der Waals surface area (Å²) in [6.07, 6.45) is 0. The highest BCUT2D eigenvalue weighted by Gasteiger charge is 2.28. The molecular weight excluding hydrogens is 213 g/mol. The van der Waals surface area contributed by atoms with Crippen molar-refractivity contribution in [2.75, 3.05) is 12.3 Å². The zero-order chi connectivity index (χ0) is 12.3. The number of rotatable bonds is 4. The highest BCUT2D eigenvalue weighted by molar-refractivity contribution is 5.73. The predicted molar refractivity (Wildman–Crippen MR) is 57.7 cm³/mol. The molecule has 0 saturated carbocycles. The SMILES string of the molecule is CC(C)(COc1ccc(N)cc1F)C(=O)O. The maximum Gasteiger partial charge on any atom is 0.312 e. The zero-order valence-electron chi connectivity index (χ0n) is 9.16. The number of halogens is 1. The molecule has 0 fully saturated rings. The van der Waals surface area contributed by atoms with E-state index in [1.54, 1.807) is 0 Å². The van der Waals surface area contributed by atoms with Crippen molar-refractivity contribution in [3.05, 3.63) is 24.0 Å². The minimum absolute atomic E-state index is 0.00326. The molecule has 1 rings (SSSR count). The summed E-state index contributed by atoms with van der Waals surface area (Å²) in [6, 6.07) is 4.00. The van der Waals surface area contributed by atoms with Gasteiger partial charge < -0.3 is 15.6 Å². The summed E-state index contributed by atoms with van der Waals surface area (Å²) < 4.78 is 18.4. The first-order valence-corrected chi connectivity index (χ1v) is 4.74. The lowest BCUT2D eigenvalue weighted by atomic mass is 9.95. The van der Waals surface area contributed by atoms with Crippen molar-refractivity contribution in [1.82, 2.24) is 0 Å². The van der Waals surface area contributed by atoms with Gasteiger partial charge in [0.25, 0.3) is 0 Å². The fourth-order valence-electron chi connectivity index (χ4n) is 0.954. The quantitative estimate of drug-likeness (QED) is 0.770. The lowest BCUT2D eigenvalue weighted by Gasteiger charge is -2.19. The number of nitrogen functional groups attached to an aromatic ring is 1. The number of hydrogen-bond acceptors (Lipinski definition) is 3. The smallest absolute Gasteiger partial charge is 0.312 e. The fraction of sp³-hybridized carbons (Fsp3) is 0.364. The van der Waals surface area contributed by atoms with E-state index in [0.29, 0.717) is 5.69 Å². The summed E-state index contributed by atoms with van der Waals surface area (Å²) in [4.78, 5) is 10.8. The molecule has 0 aliphatic carbocycles. The Hall–Kier alpha value is -1.78. The molecule has 0 spiro atoms. The van der Waals surface area contributed by atoms with E-state index in [1.165, 1.54) is 26.0 Å². The van der Waals surface area contributed by atoms with Crippen LogP contribution in [0.3, 0.4) is 0 Å². The van der Waals surface area contributed by atoms with Crippen molar-refractivity contribution >= 4 is 11.7 Å². The van der Waals surface area contributed by atoms with Crippen LogP contribution in [0.15, 0.2) is 18.2 Å². The van der Waals surface area contributed by atoms with Crippen LogP contribution in [0.4, 0.5) is 10.1 Å². The lowest BCUT2D eigenvalue weighted by molar-refractivity contribution is -0.148. The number of ether oxygens (including phenoxy) is 1. The average molecular weight is 227 g/mol. The monoisotopic (exact) mass is 227 g/mol. The second-order valence-electron chi connectivity index (χ2n) is 4.17. The Morgan fingerprint density at radius 2 is 2.19 bits per heavy atom. The van der Waals surface area contributed by atoms with Crippen LogP contribution in [0, 0.1) is 11.2 Å². The lowest BCUT2D eigenvalue weighted by Crippen LogP contribution is -2.30. The van der Waals surface area contributed by atoms with E-state index in [1.807, 2.05) is 0 Å². The topological polar surface area (TPSA) is 72.5 Å². The van der Waals surface area contributed by atoms with Crippen molar-refractivity contribution in [3.63, 3.8) is 0 Å². The Morgan fingerprint density at radius 1 is 1.56 bits per heavy atom. The molecule has 1 aromatic rings. The van der Waals surface area contributed by atoms with Crippen molar-refractivity contribution in [3.8, 4) is 5.75 Å². The number of hydrogen-bond donors (Lipinski definition) is 2. The molecule has 0 atom stereocenters. The summed E-state index contributed by atoms with van der Waals surface area (Å²) in [5.74, 6) is -1.59. The van der Waals surface area contributed by atoms with Gasteiger partial charge in [-0.15, -0.1) is 0 Å². The molecule has 0 aromatic heterocycles. The Bertz CT molecular complexity index is 404. The molecule has 16 heavy (non-hydrogen) atoms. The van der Waals surface area contributed by atoms with Gasteiger partial charge in [0.05, 0.1) is 5.41 Å². The van der Waals surface area contributed by atoms with Crippen LogP contribution in [-0.4, -0.2) is 17.7 Å². The molecule has 0 aliphatic heterocycles. The third-order valence-electron chi connectivity index (χ3n) is 2.12. The van der Waals surface area contributed by atoms with Gasteiger partial charge in [0.2, 0.25) is 0 Å². The van der Waals surface area contributed by atoms with Gasteiger partial charge in [0.15, 0.2) is 11.6 Å². The van der Waals surface area contributed by atoms with Crippen LogP contribution in [0.2, 0.25) is 0 Å². The third-order valence-corrected chi connectivity index (χ3v) is 2.12. The first-order valence-electron chi connectivity index (χ1n) is 4.74. The van der Waals surface area contributed by atoms with Crippen LogP contribution >= 0.6 is 0 Å². The highest BCUT2D eigenvalue weighted by Crippen LogP contribution is 2.23. The molecule has 0 saturated heterocycles. The van der Waals surface area contributed by atoms with Gasteiger partial charge in [0.1, 0.15) is 6.61 Å². The number of carboxylic acid groups (broad SMARTS) is 1. The molecule has 88 valence electrons. The Labute approximate surface area is 92.8 Å². The van der Waals surface area contributed by atoms with Crippen LogP contribution in [0.5, 0.6) is 5.75 Å². The molecule has 3 N–H and O–H groups in total. The van der Waals surface area contributed by atoms with Gasteiger partial charge in [-0.1, -0.05) is 0 Å². The molecular formula is C11H14FNO3. The fourth-order valence-corrected chi connectivity index (χ4v) is 0.954. The van der Waals surface area contributed by atoms with E-state index in [2.05, 4.69) is 0 Å². The van der Waals surface area contributed by atoms with E-state index in [9.17, 15) is 9.18 Å². The summed E-state index contributed by atoms with van der Waals surface area (Å²) >= 11 is 0. The maximum absolute atomic E-state index is 13.3. The summed E-state index contributed by atoms with van der Waals surface area (Å²) in [5.41, 5.74) is 4.60. The van der Waals surface area contributed by atoms with Crippen molar-refractivity contribution < 1.29 is 19.0 Å². The van der Waals surface area contributed by atoms with Gasteiger partial charge in [-0.05, 0) is 26.0 Å². The molecule has 0 radical (unpaired) electrons. The Balaban J connectivity index is 2.72. The first kappa shape index (κ1) is 12.3. The molecule has 0 bridgehead atoms. The minimum Gasteiger partial charge on any atom is -0.489 e. The van der Waals surface area contributed by atoms with Crippen LogP contribution in [0.1, 0.15) is 13.8 Å². The van der Waals surface area contributed by atoms with Crippen LogP contribution < -0.4 is 10.5 Å². The summed E-state index contributed by atoms with van der Waals surface area (Å²) in [6.45, 7) is 2.90. The Morgan fingerprint density at radius 3 is 2.69 bits per heavy atom. The predicted octanol–water partition coefficient (Wildman–Crippen LogP) is 1.90. The van der Waals surface area contributed by atoms with Crippen LogP contribution in [-0.2, 0) is 4.79 Å². The van der Waals surface area contributed by atoms with Crippen LogP contribution in [0.25, 0.3) is 0 Å². The Kier molecular flexibility index (Phi) is 3.37.